The molecule has 6 heteroatoms. The highest BCUT2D eigenvalue weighted by atomic mass is 32.2. The minimum atomic E-state index is -0.989. The number of carboxylic acids is 1. The minimum absolute atomic E-state index is 0.153. The van der Waals surface area contributed by atoms with Gasteiger partial charge in [0.05, 0.1) is 5.56 Å². The summed E-state index contributed by atoms with van der Waals surface area (Å²) in [5, 5.41) is 9.30. The molecule has 0 atom stereocenters. The van der Waals surface area contributed by atoms with Crippen LogP contribution in [0.4, 0.5) is 0 Å². The lowest BCUT2D eigenvalue weighted by Crippen LogP contribution is -2.21. The van der Waals surface area contributed by atoms with Crippen LogP contribution in [0.5, 0.6) is 0 Å². The molecule has 0 spiro atoms. The molecule has 0 unspecified atom stereocenters. The summed E-state index contributed by atoms with van der Waals surface area (Å²) in [6.45, 7) is 2.64. The number of benzene rings is 1. The Kier molecular flexibility index (Phi) is 4.57. The number of carbonyl (C=O) groups is 1. The maximum atomic E-state index is 12.1. The van der Waals surface area contributed by atoms with Gasteiger partial charge in [0.25, 0.3) is 5.56 Å². The second-order valence-electron chi connectivity index (χ2n) is 4.17. The van der Waals surface area contributed by atoms with E-state index in [-0.39, 0.29) is 11.1 Å². The summed E-state index contributed by atoms with van der Waals surface area (Å²) in [7, 11) is 0. The van der Waals surface area contributed by atoms with E-state index in [9.17, 15) is 9.59 Å². The third-order valence-corrected chi connectivity index (χ3v) is 3.61. The average Bonchev–Trinajstić information content (AvgIpc) is 2.44. The summed E-state index contributed by atoms with van der Waals surface area (Å²) in [4.78, 5) is 27.8. The van der Waals surface area contributed by atoms with E-state index in [1.807, 2.05) is 6.92 Å². The van der Waals surface area contributed by atoms with Crippen LogP contribution in [0.25, 0.3) is 0 Å². The van der Waals surface area contributed by atoms with Crippen LogP contribution in [-0.4, -0.2) is 20.6 Å². The molecule has 1 aromatic carbocycles. The number of aryl methyl sites for hydroxylation is 1. The second kappa shape index (κ2) is 6.38. The standard InChI is InChI=1S/C14H14N2O3S/c1-2-7-16-8-6-15-12(13(16)17)20-11-5-3-4-10(9-11)14(18)19/h3-6,8-9H,2,7H2,1H3,(H,18,19). The largest absolute Gasteiger partial charge is 0.478 e. The minimum Gasteiger partial charge on any atom is -0.478 e. The topological polar surface area (TPSA) is 72.2 Å². The fraction of sp³-hybridized carbons (Fsp3) is 0.214. The van der Waals surface area contributed by atoms with Gasteiger partial charge in [0.2, 0.25) is 0 Å². The number of hydrogen-bond acceptors (Lipinski definition) is 4. The van der Waals surface area contributed by atoms with Gasteiger partial charge >= 0.3 is 5.97 Å². The Labute approximate surface area is 120 Å². The van der Waals surface area contributed by atoms with E-state index in [0.717, 1.165) is 6.42 Å². The highest BCUT2D eigenvalue weighted by molar-refractivity contribution is 7.99. The zero-order valence-corrected chi connectivity index (χ0v) is 11.8. The van der Waals surface area contributed by atoms with Crippen molar-refractivity contribution in [3.05, 3.63) is 52.6 Å². The molecule has 0 aliphatic heterocycles. The van der Waals surface area contributed by atoms with E-state index in [1.54, 1.807) is 29.1 Å². The summed E-state index contributed by atoms with van der Waals surface area (Å²) >= 11 is 1.18. The molecule has 20 heavy (non-hydrogen) atoms. The van der Waals surface area contributed by atoms with Crippen LogP contribution in [0.15, 0.2) is 51.4 Å². The third-order valence-electron chi connectivity index (χ3n) is 2.64. The smallest absolute Gasteiger partial charge is 0.335 e. The van der Waals surface area contributed by atoms with Crippen LogP contribution >= 0.6 is 11.8 Å². The van der Waals surface area contributed by atoms with Crippen molar-refractivity contribution >= 4 is 17.7 Å². The van der Waals surface area contributed by atoms with Crippen molar-refractivity contribution in [1.82, 2.24) is 9.55 Å². The van der Waals surface area contributed by atoms with Crippen molar-refractivity contribution in [1.29, 1.82) is 0 Å². The molecule has 0 aliphatic rings. The van der Waals surface area contributed by atoms with Gasteiger partial charge in [-0.2, -0.15) is 0 Å². The van der Waals surface area contributed by atoms with Crippen LogP contribution in [0.3, 0.4) is 0 Å². The molecule has 2 rings (SSSR count). The van der Waals surface area contributed by atoms with Gasteiger partial charge in [-0.15, -0.1) is 0 Å². The van der Waals surface area contributed by atoms with E-state index in [1.165, 1.54) is 23.9 Å². The Balaban J connectivity index is 2.30. The summed E-state index contributed by atoms with van der Waals surface area (Å²) in [5.74, 6) is -0.989. The molecular weight excluding hydrogens is 276 g/mol. The van der Waals surface area contributed by atoms with Crippen LogP contribution < -0.4 is 5.56 Å². The van der Waals surface area contributed by atoms with E-state index in [4.69, 9.17) is 5.11 Å². The number of carboxylic acid groups (broad SMARTS) is 1. The van der Waals surface area contributed by atoms with Crippen molar-refractivity contribution in [3.63, 3.8) is 0 Å². The summed E-state index contributed by atoms with van der Waals surface area (Å²) < 4.78 is 1.61. The van der Waals surface area contributed by atoms with Gasteiger partial charge in [-0.25, -0.2) is 9.78 Å². The molecule has 1 N–H and O–H groups in total. The zero-order valence-electron chi connectivity index (χ0n) is 10.9. The predicted molar refractivity (Wildman–Crippen MR) is 76.3 cm³/mol. The molecule has 0 aliphatic carbocycles. The zero-order chi connectivity index (χ0) is 14.5. The Morgan fingerprint density at radius 3 is 2.95 bits per heavy atom. The SMILES string of the molecule is CCCn1ccnc(Sc2cccc(C(=O)O)c2)c1=O. The lowest BCUT2D eigenvalue weighted by Gasteiger charge is -2.06. The average molecular weight is 290 g/mol. The number of aromatic carboxylic acids is 1. The fourth-order valence-corrected chi connectivity index (χ4v) is 2.59. The Hall–Kier alpha value is -2.08. The van der Waals surface area contributed by atoms with Crippen molar-refractivity contribution in [2.24, 2.45) is 0 Å². The van der Waals surface area contributed by atoms with Crippen LogP contribution in [0.1, 0.15) is 23.7 Å². The first-order valence-electron chi connectivity index (χ1n) is 6.18. The first-order chi connectivity index (χ1) is 9.61. The third kappa shape index (κ3) is 3.27. The van der Waals surface area contributed by atoms with Crippen molar-refractivity contribution < 1.29 is 9.90 Å². The van der Waals surface area contributed by atoms with Gasteiger partial charge in [-0.1, -0.05) is 24.8 Å². The maximum absolute atomic E-state index is 12.1. The summed E-state index contributed by atoms with van der Waals surface area (Å²) in [6.07, 6.45) is 4.10. The molecule has 0 saturated carbocycles. The van der Waals surface area contributed by atoms with Gasteiger partial charge in [0.1, 0.15) is 0 Å². The molecular formula is C14H14N2O3S. The molecule has 5 nitrogen and oxygen atoms in total. The van der Waals surface area contributed by atoms with E-state index >= 15 is 0 Å². The predicted octanol–water partition coefficient (Wildman–Crippen LogP) is 2.50. The van der Waals surface area contributed by atoms with Crippen LogP contribution in [0.2, 0.25) is 0 Å². The highest BCUT2D eigenvalue weighted by Crippen LogP contribution is 2.24. The fourth-order valence-electron chi connectivity index (χ4n) is 1.72. The van der Waals surface area contributed by atoms with Crippen molar-refractivity contribution in [2.75, 3.05) is 0 Å². The summed E-state index contributed by atoms with van der Waals surface area (Å²) in [5.41, 5.74) is 0.0416. The lowest BCUT2D eigenvalue weighted by atomic mass is 10.2. The van der Waals surface area contributed by atoms with Gasteiger partial charge in [-0.3, -0.25) is 4.79 Å². The Morgan fingerprint density at radius 2 is 2.25 bits per heavy atom. The molecule has 0 fully saturated rings. The molecule has 0 saturated heterocycles. The molecule has 1 aromatic heterocycles. The quantitative estimate of drug-likeness (QED) is 0.916. The van der Waals surface area contributed by atoms with E-state index in [2.05, 4.69) is 4.98 Å². The van der Waals surface area contributed by atoms with Crippen LogP contribution in [-0.2, 0) is 6.54 Å². The van der Waals surface area contributed by atoms with Gasteiger partial charge in [0.15, 0.2) is 5.03 Å². The monoisotopic (exact) mass is 290 g/mol. The number of nitrogens with zero attached hydrogens (tertiary/aromatic N) is 2. The lowest BCUT2D eigenvalue weighted by molar-refractivity contribution is 0.0696. The first kappa shape index (κ1) is 14.3. The highest BCUT2D eigenvalue weighted by Gasteiger charge is 2.09. The van der Waals surface area contributed by atoms with Gasteiger partial charge in [0, 0.05) is 23.8 Å². The maximum Gasteiger partial charge on any atom is 0.335 e. The Bertz CT molecular complexity index is 682. The summed E-state index contributed by atoms with van der Waals surface area (Å²) in [6, 6.07) is 6.46. The molecule has 2 aromatic rings. The Morgan fingerprint density at radius 1 is 1.45 bits per heavy atom. The van der Waals surface area contributed by atoms with Gasteiger partial charge < -0.3 is 9.67 Å². The molecule has 0 amide bonds. The first-order valence-corrected chi connectivity index (χ1v) is 7.00. The van der Waals surface area contributed by atoms with E-state index < -0.39 is 5.97 Å². The molecule has 0 bridgehead atoms. The van der Waals surface area contributed by atoms with Crippen LogP contribution in [0, 0.1) is 0 Å². The van der Waals surface area contributed by atoms with Crippen molar-refractivity contribution in [2.45, 2.75) is 29.8 Å². The number of hydrogen-bond donors (Lipinski definition) is 1. The molecule has 104 valence electrons. The number of rotatable bonds is 5. The van der Waals surface area contributed by atoms with E-state index in [0.29, 0.717) is 16.5 Å². The normalized spacial score (nSPS) is 10.4. The molecule has 0 radical (unpaired) electrons. The van der Waals surface area contributed by atoms with Crippen molar-refractivity contribution in [3.8, 4) is 0 Å². The molecule has 1 heterocycles. The van der Waals surface area contributed by atoms with Gasteiger partial charge in [-0.05, 0) is 24.6 Å². The second-order valence-corrected chi connectivity index (χ2v) is 5.23. The number of aromatic nitrogens is 2.